The fraction of sp³-hybridized carbons (Fsp3) is 0.818. The summed E-state index contributed by atoms with van der Waals surface area (Å²) in [5, 5.41) is 1.70. The highest BCUT2D eigenvalue weighted by molar-refractivity contribution is 6.89. The molecule has 0 bridgehead atoms. The Hall–Kier alpha value is -0.130. The van der Waals surface area contributed by atoms with Crippen LogP contribution in [0.25, 0.3) is 0 Å². The van der Waals surface area contributed by atoms with Gasteiger partial charge in [0.05, 0.1) is 0 Å². The molecule has 0 saturated heterocycles. The molecule has 0 aromatic heterocycles. The van der Waals surface area contributed by atoms with Gasteiger partial charge >= 0.3 is 0 Å². The maximum Gasteiger partial charge on any atom is 0.159 e. The fourth-order valence-electron chi connectivity index (χ4n) is 2.32. The lowest BCUT2D eigenvalue weighted by molar-refractivity contribution is 1.29. The fourth-order valence-corrected chi connectivity index (χ4v) is 2.32. The van der Waals surface area contributed by atoms with Crippen molar-refractivity contribution in [1.29, 1.82) is 0 Å². The van der Waals surface area contributed by atoms with Crippen molar-refractivity contribution in [2.75, 3.05) is 0 Å². The minimum absolute atomic E-state index is 0.829. The van der Waals surface area contributed by atoms with Gasteiger partial charge in [-0.1, -0.05) is 53.0 Å². The zero-order chi connectivity index (χ0) is 10.3. The highest BCUT2D eigenvalue weighted by atomic mass is 13.8. The molecule has 0 spiro atoms. The average Bonchev–Trinajstić information content (AvgIpc) is 2.18. The van der Waals surface area contributed by atoms with Gasteiger partial charge in [0.25, 0.3) is 0 Å². The maximum atomic E-state index is 2.36. The Morgan fingerprint density at radius 3 is 1.31 bits per heavy atom. The van der Waals surface area contributed by atoms with Gasteiger partial charge in [0.1, 0.15) is 0 Å². The van der Waals surface area contributed by atoms with Crippen molar-refractivity contribution in [3.8, 4) is 0 Å². The van der Waals surface area contributed by atoms with E-state index in [1.807, 2.05) is 0 Å². The molecule has 74 valence electrons. The van der Waals surface area contributed by atoms with Crippen molar-refractivity contribution in [3.63, 3.8) is 0 Å². The molecule has 0 unspecified atom stereocenters. The molecule has 0 radical (unpaired) electrons. The molecule has 0 aromatic carbocycles. The largest absolute Gasteiger partial charge is 0.159 e. The van der Waals surface area contributed by atoms with Crippen LogP contribution in [0.2, 0.25) is 25.3 Å². The second kappa shape index (κ2) is 7.29. The molecule has 0 fully saturated rings. The summed E-state index contributed by atoms with van der Waals surface area (Å²) in [5.41, 5.74) is 0. The third kappa shape index (κ3) is 3.62. The van der Waals surface area contributed by atoms with E-state index in [0.717, 1.165) is 13.4 Å². The van der Waals surface area contributed by atoms with Gasteiger partial charge in [0.15, 0.2) is 13.4 Å². The molecule has 0 aliphatic heterocycles. The molecule has 0 atom stereocenters. The van der Waals surface area contributed by atoms with Crippen LogP contribution in [0, 0.1) is 0 Å². The Kier molecular flexibility index (Phi) is 7.22. The number of allylic oxidation sites excluding steroid dienone is 1. The highest BCUT2D eigenvalue weighted by Gasteiger charge is 2.21. The van der Waals surface area contributed by atoms with Gasteiger partial charge in [-0.3, -0.25) is 0 Å². The van der Waals surface area contributed by atoms with Crippen LogP contribution in [0.4, 0.5) is 0 Å². The molecular formula is C11H24B2. The van der Waals surface area contributed by atoms with Crippen LogP contribution < -0.4 is 0 Å². The molecule has 0 rings (SSSR count). The SMILES string of the molecule is CC=C(B(CC)CC)B(CC)CC. The topological polar surface area (TPSA) is 0 Å². The van der Waals surface area contributed by atoms with Crippen LogP contribution in [-0.2, 0) is 0 Å². The van der Waals surface area contributed by atoms with Crippen molar-refractivity contribution in [2.45, 2.75) is 59.9 Å². The first-order valence-electron chi connectivity index (χ1n) is 5.90. The van der Waals surface area contributed by atoms with Crippen LogP contribution in [0.15, 0.2) is 11.4 Å². The molecule has 0 heterocycles. The molecule has 0 aliphatic carbocycles. The van der Waals surface area contributed by atoms with E-state index < -0.39 is 0 Å². The quantitative estimate of drug-likeness (QED) is 0.537. The summed E-state index contributed by atoms with van der Waals surface area (Å²) in [6.07, 6.45) is 7.55. The summed E-state index contributed by atoms with van der Waals surface area (Å²) >= 11 is 0. The minimum atomic E-state index is 0.829. The van der Waals surface area contributed by atoms with E-state index in [4.69, 9.17) is 0 Å². The lowest BCUT2D eigenvalue weighted by Gasteiger charge is -2.19. The monoisotopic (exact) mass is 178 g/mol. The summed E-state index contributed by atoms with van der Waals surface area (Å²) in [7, 11) is 0. The third-order valence-electron chi connectivity index (χ3n) is 3.25. The number of hydrogen-bond donors (Lipinski definition) is 0. The standard InChI is InChI=1S/C11H24B2/c1-6-11(12(7-2)8-3)13(9-4)10-5/h6H,7-10H2,1-5H3. The first-order valence-corrected chi connectivity index (χ1v) is 5.90. The molecule has 0 nitrogen and oxygen atoms in total. The van der Waals surface area contributed by atoms with Crippen LogP contribution >= 0.6 is 0 Å². The van der Waals surface area contributed by atoms with Crippen molar-refractivity contribution < 1.29 is 0 Å². The molecule has 0 aliphatic rings. The first kappa shape index (κ1) is 12.9. The summed E-state index contributed by atoms with van der Waals surface area (Å²) in [4.78, 5) is 0. The van der Waals surface area contributed by atoms with E-state index >= 15 is 0 Å². The van der Waals surface area contributed by atoms with Gasteiger partial charge in [0, 0.05) is 0 Å². The predicted octanol–water partition coefficient (Wildman–Crippen LogP) is 4.08. The molecule has 2 heteroatoms. The first-order chi connectivity index (χ1) is 6.24. The summed E-state index contributed by atoms with van der Waals surface area (Å²) in [6, 6.07) is 0. The van der Waals surface area contributed by atoms with Crippen LogP contribution in [0.5, 0.6) is 0 Å². The number of rotatable bonds is 6. The summed E-state index contributed by atoms with van der Waals surface area (Å²) in [5.74, 6) is 0. The third-order valence-corrected chi connectivity index (χ3v) is 3.25. The van der Waals surface area contributed by atoms with Crippen molar-refractivity contribution >= 4 is 13.4 Å². The smallest absolute Gasteiger partial charge is 0.134 e. The lowest BCUT2D eigenvalue weighted by Crippen LogP contribution is -2.27. The second-order valence-corrected chi connectivity index (χ2v) is 3.82. The molecule has 0 amide bonds. The molecular weight excluding hydrogens is 154 g/mol. The zero-order valence-corrected chi connectivity index (χ0v) is 10.1. The second-order valence-electron chi connectivity index (χ2n) is 3.82. The van der Waals surface area contributed by atoms with Crippen LogP contribution in [0.1, 0.15) is 34.6 Å². The van der Waals surface area contributed by atoms with Gasteiger partial charge < -0.3 is 0 Å². The van der Waals surface area contributed by atoms with Gasteiger partial charge in [-0.15, -0.1) is 11.4 Å². The Labute approximate surface area is 85.3 Å². The molecule has 0 N–H and O–H groups in total. The lowest BCUT2D eigenvalue weighted by atomic mass is 9.22. The van der Waals surface area contributed by atoms with Crippen LogP contribution in [0.3, 0.4) is 0 Å². The zero-order valence-electron chi connectivity index (χ0n) is 10.1. The van der Waals surface area contributed by atoms with Crippen molar-refractivity contribution in [2.24, 2.45) is 0 Å². The Balaban J connectivity index is 4.47. The van der Waals surface area contributed by atoms with E-state index in [-0.39, 0.29) is 0 Å². The van der Waals surface area contributed by atoms with Gasteiger partial charge in [-0.2, -0.15) is 0 Å². The van der Waals surface area contributed by atoms with E-state index in [1.165, 1.54) is 25.3 Å². The van der Waals surface area contributed by atoms with E-state index in [2.05, 4.69) is 40.7 Å². The number of hydrogen-bond acceptors (Lipinski definition) is 0. The average molecular weight is 178 g/mol. The predicted molar refractivity (Wildman–Crippen MR) is 67.2 cm³/mol. The van der Waals surface area contributed by atoms with Gasteiger partial charge in [-0.05, 0) is 6.92 Å². The Morgan fingerprint density at radius 1 is 0.846 bits per heavy atom. The van der Waals surface area contributed by atoms with Gasteiger partial charge in [-0.25, -0.2) is 0 Å². The summed E-state index contributed by atoms with van der Waals surface area (Å²) < 4.78 is 0. The van der Waals surface area contributed by atoms with Gasteiger partial charge in [0.2, 0.25) is 0 Å². The molecule has 0 saturated carbocycles. The van der Waals surface area contributed by atoms with E-state index in [0.29, 0.717) is 0 Å². The van der Waals surface area contributed by atoms with Crippen LogP contribution in [-0.4, -0.2) is 13.4 Å². The molecule has 13 heavy (non-hydrogen) atoms. The normalized spacial score (nSPS) is 9.62. The van der Waals surface area contributed by atoms with E-state index in [1.54, 1.807) is 5.37 Å². The minimum Gasteiger partial charge on any atom is -0.134 e. The van der Waals surface area contributed by atoms with E-state index in [9.17, 15) is 0 Å². The Morgan fingerprint density at radius 2 is 1.15 bits per heavy atom. The molecule has 0 aromatic rings. The highest BCUT2D eigenvalue weighted by Crippen LogP contribution is 2.18. The van der Waals surface area contributed by atoms with Crippen molar-refractivity contribution in [3.05, 3.63) is 11.4 Å². The Bertz CT molecular complexity index is 130. The summed E-state index contributed by atoms with van der Waals surface area (Å²) in [6.45, 7) is 13.1. The maximum absolute atomic E-state index is 2.36. The van der Waals surface area contributed by atoms with Crippen molar-refractivity contribution in [1.82, 2.24) is 0 Å².